The van der Waals surface area contributed by atoms with Crippen LogP contribution in [0.1, 0.15) is 38.1 Å². The quantitative estimate of drug-likeness (QED) is 0.773. The number of carbonyl (C=O) groups excluding carboxylic acids is 1. The summed E-state index contributed by atoms with van der Waals surface area (Å²) in [7, 11) is 0. The predicted molar refractivity (Wildman–Crippen MR) is 75.7 cm³/mol. The lowest BCUT2D eigenvalue weighted by Gasteiger charge is -2.23. The number of ether oxygens (including phenoxy) is 1. The summed E-state index contributed by atoms with van der Waals surface area (Å²) in [4.78, 5) is 11.2. The molecule has 0 heterocycles. The summed E-state index contributed by atoms with van der Waals surface area (Å²) in [5.41, 5.74) is 0.579. The van der Waals surface area contributed by atoms with Gasteiger partial charge < -0.3 is 15.2 Å². The molecule has 0 unspecified atom stereocenters. The third-order valence-corrected chi connectivity index (χ3v) is 2.55. The number of hydrogen-bond donors (Lipinski definition) is 2. The summed E-state index contributed by atoms with van der Waals surface area (Å²) in [5, 5.41) is 13.0. The molecule has 19 heavy (non-hydrogen) atoms. The molecular formula is C15H23NO3. The first-order valence-corrected chi connectivity index (χ1v) is 6.45. The fourth-order valence-corrected chi connectivity index (χ4v) is 1.48. The topological polar surface area (TPSA) is 58.6 Å². The first-order chi connectivity index (χ1) is 8.78. The second kappa shape index (κ2) is 6.68. The zero-order chi connectivity index (χ0) is 14.5. The normalized spacial score (nSPS) is 13.1. The van der Waals surface area contributed by atoms with Gasteiger partial charge in [0.15, 0.2) is 5.78 Å². The molecule has 1 rings (SSSR count). The average molecular weight is 265 g/mol. The molecular weight excluding hydrogens is 242 g/mol. The van der Waals surface area contributed by atoms with Crippen molar-refractivity contribution in [1.82, 2.24) is 5.32 Å². The molecule has 0 fully saturated rings. The maximum Gasteiger partial charge on any atom is 0.159 e. The average Bonchev–Trinajstić information content (AvgIpc) is 2.33. The van der Waals surface area contributed by atoms with Crippen molar-refractivity contribution in [2.75, 3.05) is 13.2 Å². The van der Waals surface area contributed by atoms with E-state index in [9.17, 15) is 9.90 Å². The molecule has 0 saturated heterocycles. The van der Waals surface area contributed by atoms with Crippen molar-refractivity contribution in [3.05, 3.63) is 29.8 Å². The molecule has 0 aliphatic heterocycles. The number of carbonyl (C=O) groups is 1. The number of aliphatic hydroxyl groups is 1. The molecule has 0 aliphatic rings. The van der Waals surface area contributed by atoms with Gasteiger partial charge in [-0.1, -0.05) is 12.1 Å². The Morgan fingerprint density at radius 1 is 1.42 bits per heavy atom. The largest absolute Gasteiger partial charge is 0.491 e. The lowest BCUT2D eigenvalue weighted by atomic mass is 10.1. The minimum atomic E-state index is -0.583. The lowest BCUT2D eigenvalue weighted by molar-refractivity contribution is 0.0991. The second-order valence-electron chi connectivity index (χ2n) is 5.68. The number of aliphatic hydroxyl groups excluding tert-OH is 1. The van der Waals surface area contributed by atoms with Crippen molar-refractivity contribution in [3.63, 3.8) is 0 Å². The number of nitrogens with one attached hydrogen (secondary N) is 1. The Bertz CT molecular complexity index is 424. The molecule has 0 amide bonds. The number of hydrogen-bond acceptors (Lipinski definition) is 4. The fraction of sp³-hybridized carbons (Fsp3) is 0.533. The summed E-state index contributed by atoms with van der Waals surface area (Å²) in [6, 6.07) is 6.97. The van der Waals surface area contributed by atoms with Crippen LogP contribution in [0.2, 0.25) is 0 Å². The predicted octanol–water partition coefficient (Wildman–Crippen LogP) is 2.02. The van der Waals surface area contributed by atoms with E-state index in [1.807, 2.05) is 20.8 Å². The molecule has 0 radical (unpaired) electrons. The number of β-amino-alcohol motifs (C(OH)–C–C–N with tert-alkyl or cyclic N) is 1. The fourth-order valence-electron chi connectivity index (χ4n) is 1.48. The van der Waals surface area contributed by atoms with E-state index in [1.54, 1.807) is 24.3 Å². The highest BCUT2D eigenvalue weighted by Gasteiger charge is 2.12. The van der Waals surface area contributed by atoms with Crippen LogP contribution in [0.3, 0.4) is 0 Å². The summed E-state index contributed by atoms with van der Waals surface area (Å²) < 4.78 is 5.48. The molecule has 0 saturated carbocycles. The number of Topliss-reactive ketones (excluding diaryl/α,β-unsaturated/α-hetero) is 1. The summed E-state index contributed by atoms with van der Waals surface area (Å²) >= 11 is 0. The Hall–Kier alpha value is -1.39. The monoisotopic (exact) mass is 265 g/mol. The molecule has 1 aromatic rings. The highest BCUT2D eigenvalue weighted by Crippen LogP contribution is 2.14. The summed E-state index contributed by atoms with van der Waals surface area (Å²) in [6.45, 7) is 8.30. The number of ketones is 1. The SMILES string of the molecule is CC(=O)c1cccc(OC[C@@H](O)CNC(C)(C)C)c1. The van der Waals surface area contributed by atoms with E-state index in [0.29, 0.717) is 17.9 Å². The Labute approximate surface area is 114 Å². The smallest absolute Gasteiger partial charge is 0.159 e. The van der Waals surface area contributed by atoms with Crippen molar-refractivity contribution >= 4 is 5.78 Å². The van der Waals surface area contributed by atoms with Crippen molar-refractivity contribution in [1.29, 1.82) is 0 Å². The van der Waals surface area contributed by atoms with Crippen molar-refractivity contribution in [2.45, 2.75) is 39.3 Å². The summed E-state index contributed by atoms with van der Waals surface area (Å²) in [6.07, 6.45) is -0.583. The van der Waals surface area contributed by atoms with Crippen LogP contribution < -0.4 is 10.1 Å². The Kier molecular flexibility index (Phi) is 5.51. The van der Waals surface area contributed by atoms with Crippen LogP contribution in [0.4, 0.5) is 0 Å². The molecule has 2 N–H and O–H groups in total. The van der Waals surface area contributed by atoms with E-state index < -0.39 is 6.10 Å². The highest BCUT2D eigenvalue weighted by molar-refractivity contribution is 5.94. The molecule has 4 heteroatoms. The molecule has 0 bridgehead atoms. The molecule has 0 aliphatic carbocycles. The van der Waals surface area contributed by atoms with Crippen LogP contribution in [-0.2, 0) is 0 Å². The van der Waals surface area contributed by atoms with Gasteiger partial charge in [-0.3, -0.25) is 4.79 Å². The van der Waals surface area contributed by atoms with Gasteiger partial charge in [0.05, 0.1) is 0 Å². The Balaban J connectivity index is 2.44. The van der Waals surface area contributed by atoms with Gasteiger partial charge >= 0.3 is 0 Å². The standard InChI is InChI=1S/C15H23NO3/c1-11(17)12-6-5-7-14(8-12)19-10-13(18)9-16-15(2,3)4/h5-8,13,16,18H,9-10H2,1-4H3/t13-/m0/s1. The molecule has 4 nitrogen and oxygen atoms in total. The van der Waals surface area contributed by atoms with Gasteiger partial charge in [-0.15, -0.1) is 0 Å². The first-order valence-electron chi connectivity index (χ1n) is 6.45. The second-order valence-corrected chi connectivity index (χ2v) is 5.68. The van der Waals surface area contributed by atoms with Crippen molar-refractivity contribution in [2.24, 2.45) is 0 Å². The minimum Gasteiger partial charge on any atom is -0.491 e. The van der Waals surface area contributed by atoms with Gasteiger partial charge in [-0.25, -0.2) is 0 Å². The van der Waals surface area contributed by atoms with Gasteiger partial charge in [0.2, 0.25) is 0 Å². The van der Waals surface area contributed by atoms with Gasteiger partial charge in [0, 0.05) is 17.6 Å². The Morgan fingerprint density at radius 2 is 2.11 bits per heavy atom. The number of benzene rings is 1. The molecule has 0 aromatic heterocycles. The number of rotatable bonds is 6. The Morgan fingerprint density at radius 3 is 2.68 bits per heavy atom. The van der Waals surface area contributed by atoms with Crippen LogP contribution in [0.25, 0.3) is 0 Å². The molecule has 1 aromatic carbocycles. The van der Waals surface area contributed by atoms with E-state index in [1.165, 1.54) is 6.92 Å². The van der Waals surface area contributed by atoms with Gasteiger partial charge in [0.1, 0.15) is 18.5 Å². The van der Waals surface area contributed by atoms with E-state index in [0.717, 1.165) is 0 Å². The van der Waals surface area contributed by atoms with E-state index in [-0.39, 0.29) is 17.9 Å². The van der Waals surface area contributed by atoms with Crippen LogP contribution >= 0.6 is 0 Å². The van der Waals surface area contributed by atoms with E-state index in [4.69, 9.17) is 4.74 Å². The zero-order valence-electron chi connectivity index (χ0n) is 12.1. The van der Waals surface area contributed by atoms with Gasteiger partial charge in [0.25, 0.3) is 0 Å². The maximum atomic E-state index is 11.2. The van der Waals surface area contributed by atoms with Gasteiger partial charge in [-0.2, -0.15) is 0 Å². The maximum absolute atomic E-state index is 11.2. The first kappa shape index (κ1) is 15.7. The van der Waals surface area contributed by atoms with Crippen molar-refractivity contribution < 1.29 is 14.6 Å². The molecule has 0 spiro atoms. The molecule has 106 valence electrons. The zero-order valence-corrected chi connectivity index (χ0v) is 12.1. The highest BCUT2D eigenvalue weighted by atomic mass is 16.5. The third-order valence-electron chi connectivity index (χ3n) is 2.55. The lowest BCUT2D eigenvalue weighted by Crippen LogP contribution is -2.42. The van der Waals surface area contributed by atoms with Crippen molar-refractivity contribution in [3.8, 4) is 5.75 Å². The van der Waals surface area contributed by atoms with Crippen LogP contribution in [-0.4, -0.2) is 35.7 Å². The molecule has 1 atom stereocenters. The van der Waals surface area contributed by atoms with Gasteiger partial charge in [-0.05, 0) is 39.8 Å². The third kappa shape index (κ3) is 6.36. The van der Waals surface area contributed by atoms with Crippen LogP contribution in [0, 0.1) is 0 Å². The summed E-state index contributed by atoms with van der Waals surface area (Å²) in [5.74, 6) is 0.600. The van der Waals surface area contributed by atoms with E-state index in [2.05, 4.69) is 5.32 Å². The van der Waals surface area contributed by atoms with Crippen LogP contribution in [0.15, 0.2) is 24.3 Å². The van der Waals surface area contributed by atoms with Crippen LogP contribution in [0.5, 0.6) is 5.75 Å². The van der Waals surface area contributed by atoms with E-state index >= 15 is 0 Å². The minimum absolute atomic E-state index is 0.000368.